The second-order valence-corrected chi connectivity index (χ2v) is 5.26. The summed E-state index contributed by atoms with van der Waals surface area (Å²) < 4.78 is 0. The van der Waals surface area contributed by atoms with E-state index in [1.807, 2.05) is 11.8 Å². The van der Waals surface area contributed by atoms with E-state index in [2.05, 4.69) is 10.6 Å². The third kappa shape index (κ3) is 7.96. The lowest BCUT2D eigenvalue weighted by Crippen LogP contribution is -2.29. The first-order chi connectivity index (χ1) is 7.83. The Morgan fingerprint density at radius 3 is 2.81 bits per heavy atom. The highest BCUT2D eigenvalue weighted by atomic mass is 32.2. The van der Waals surface area contributed by atoms with Gasteiger partial charge in [-0.2, -0.15) is 11.8 Å². The van der Waals surface area contributed by atoms with Crippen LogP contribution in [0.4, 0.5) is 0 Å². The predicted octanol–water partition coefficient (Wildman–Crippen LogP) is 0.360. The standard InChI is InChI=1S/C11H22N2O2S/c14-7-1-8-16-9-6-12-5-4-11(15)13-10-2-3-10/h10,12,14H,1-9H2,(H,13,15). The van der Waals surface area contributed by atoms with Crippen LogP contribution in [-0.2, 0) is 4.79 Å². The van der Waals surface area contributed by atoms with Crippen molar-refractivity contribution in [3.8, 4) is 0 Å². The molecule has 94 valence electrons. The molecule has 1 rings (SSSR count). The molecule has 1 aliphatic carbocycles. The van der Waals surface area contributed by atoms with Crippen LogP contribution >= 0.6 is 11.8 Å². The van der Waals surface area contributed by atoms with Crippen LogP contribution in [0.1, 0.15) is 25.7 Å². The molecule has 16 heavy (non-hydrogen) atoms. The molecule has 0 spiro atoms. The van der Waals surface area contributed by atoms with Gasteiger partial charge < -0.3 is 15.7 Å². The zero-order chi connectivity index (χ0) is 11.6. The first-order valence-electron chi connectivity index (χ1n) is 6.01. The number of amides is 1. The first-order valence-corrected chi connectivity index (χ1v) is 7.17. The minimum absolute atomic E-state index is 0.169. The van der Waals surface area contributed by atoms with E-state index in [1.54, 1.807) is 0 Å². The Bertz CT molecular complexity index is 198. The molecule has 1 amide bonds. The molecule has 0 radical (unpaired) electrons. The summed E-state index contributed by atoms with van der Waals surface area (Å²) in [7, 11) is 0. The van der Waals surface area contributed by atoms with Gasteiger partial charge >= 0.3 is 0 Å². The maximum absolute atomic E-state index is 11.3. The molecule has 0 aliphatic heterocycles. The van der Waals surface area contributed by atoms with Crippen LogP contribution in [0.2, 0.25) is 0 Å². The first kappa shape index (κ1) is 13.8. The average Bonchev–Trinajstić information content (AvgIpc) is 3.06. The van der Waals surface area contributed by atoms with Crippen molar-refractivity contribution >= 4 is 17.7 Å². The van der Waals surface area contributed by atoms with E-state index in [-0.39, 0.29) is 12.5 Å². The van der Waals surface area contributed by atoms with Gasteiger partial charge in [0.2, 0.25) is 5.91 Å². The number of carbonyl (C=O) groups excluding carboxylic acids is 1. The molecule has 3 N–H and O–H groups in total. The van der Waals surface area contributed by atoms with E-state index in [9.17, 15) is 4.79 Å². The zero-order valence-electron chi connectivity index (χ0n) is 9.71. The van der Waals surface area contributed by atoms with E-state index < -0.39 is 0 Å². The highest BCUT2D eigenvalue weighted by Crippen LogP contribution is 2.18. The van der Waals surface area contributed by atoms with Crippen LogP contribution in [0, 0.1) is 0 Å². The molecule has 4 nitrogen and oxygen atoms in total. The maximum atomic E-state index is 11.3. The lowest BCUT2D eigenvalue weighted by molar-refractivity contribution is -0.121. The van der Waals surface area contributed by atoms with E-state index in [1.165, 1.54) is 0 Å². The van der Waals surface area contributed by atoms with E-state index in [0.29, 0.717) is 12.5 Å². The van der Waals surface area contributed by atoms with Gasteiger partial charge in [-0.3, -0.25) is 4.79 Å². The molecule has 0 saturated heterocycles. The largest absolute Gasteiger partial charge is 0.396 e. The second kappa shape index (κ2) is 8.84. The molecule has 0 aromatic carbocycles. The second-order valence-electron chi connectivity index (χ2n) is 4.03. The lowest BCUT2D eigenvalue weighted by atomic mass is 10.4. The van der Waals surface area contributed by atoms with Gasteiger partial charge in [-0.15, -0.1) is 0 Å². The number of nitrogens with one attached hydrogen (secondary N) is 2. The van der Waals surface area contributed by atoms with Crippen molar-refractivity contribution in [1.29, 1.82) is 0 Å². The summed E-state index contributed by atoms with van der Waals surface area (Å²) in [4.78, 5) is 11.3. The molecule has 1 saturated carbocycles. The van der Waals surface area contributed by atoms with Crippen molar-refractivity contribution in [3.63, 3.8) is 0 Å². The number of rotatable bonds is 10. The van der Waals surface area contributed by atoms with Gasteiger partial charge in [0.25, 0.3) is 0 Å². The van der Waals surface area contributed by atoms with Crippen molar-refractivity contribution in [2.24, 2.45) is 0 Å². The summed E-state index contributed by atoms with van der Waals surface area (Å²) in [5.74, 6) is 2.23. The van der Waals surface area contributed by atoms with Crippen LogP contribution in [0.5, 0.6) is 0 Å². The fraction of sp³-hybridized carbons (Fsp3) is 0.909. The maximum Gasteiger partial charge on any atom is 0.221 e. The summed E-state index contributed by atoms with van der Waals surface area (Å²) in [6, 6.07) is 0.474. The van der Waals surface area contributed by atoms with Crippen molar-refractivity contribution < 1.29 is 9.90 Å². The van der Waals surface area contributed by atoms with E-state index in [0.717, 1.165) is 43.9 Å². The normalized spacial score (nSPS) is 15.1. The van der Waals surface area contributed by atoms with Gasteiger partial charge in [0.1, 0.15) is 0 Å². The Labute approximate surface area is 102 Å². The van der Waals surface area contributed by atoms with Crippen molar-refractivity contribution in [3.05, 3.63) is 0 Å². The molecule has 0 heterocycles. The summed E-state index contributed by atoms with van der Waals surface area (Å²) in [6.07, 6.45) is 3.76. The van der Waals surface area contributed by atoms with E-state index in [4.69, 9.17) is 5.11 Å². The predicted molar refractivity (Wildman–Crippen MR) is 67.7 cm³/mol. The molecular weight excluding hydrogens is 224 g/mol. The summed E-state index contributed by atoms with van der Waals surface area (Å²) >= 11 is 1.83. The monoisotopic (exact) mass is 246 g/mol. The molecule has 0 unspecified atom stereocenters. The van der Waals surface area contributed by atoms with Gasteiger partial charge in [-0.05, 0) is 25.0 Å². The SMILES string of the molecule is O=C(CCNCCSCCCO)NC1CC1. The number of thioether (sulfide) groups is 1. The molecule has 1 fully saturated rings. The lowest BCUT2D eigenvalue weighted by Gasteiger charge is -2.05. The smallest absolute Gasteiger partial charge is 0.221 e. The van der Waals surface area contributed by atoms with Crippen LogP contribution in [0.15, 0.2) is 0 Å². The van der Waals surface area contributed by atoms with Gasteiger partial charge in [-0.25, -0.2) is 0 Å². The quantitative estimate of drug-likeness (QED) is 0.487. The zero-order valence-corrected chi connectivity index (χ0v) is 10.5. The Balaban J connectivity index is 1.75. The average molecular weight is 246 g/mol. The third-order valence-electron chi connectivity index (χ3n) is 2.34. The fourth-order valence-electron chi connectivity index (χ4n) is 1.27. The summed E-state index contributed by atoms with van der Waals surface area (Å²) in [6.45, 7) is 1.98. The number of aliphatic hydroxyl groups excluding tert-OH is 1. The van der Waals surface area contributed by atoms with Gasteiger partial charge in [0.15, 0.2) is 0 Å². The van der Waals surface area contributed by atoms with Gasteiger partial charge in [0.05, 0.1) is 0 Å². The number of carbonyl (C=O) groups is 1. The highest BCUT2D eigenvalue weighted by Gasteiger charge is 2.22. The topological polar surface area (TPSA) is 61.4 Å². The summed E-state index contributed by atoms with van der Waals surface area (Å²) in [5.41, 5.74) is 0. The minimum atomic E-state index is 0.169. The van der Waals surface area contributed by atoms with Crippen LogP contribution < -0.4 is 10.6 Å². The molecule has 0 atom stereocenters. The fourth-order valence-corrected chi connectivity index (χ4v) is 2.09. The molecule has 0 aromatic heterocycles. The summed E-state index contributed by atoms with van der Waals surface area (Å²) in [5, 5.41) is 14.8. The van der Waals surface area contributed by atoms with Gasteiger partial charge in [0, 0.05) is 37.9 Å². The van der Waals surface area contributed by atoms with Crippen molar-refractivity contribution in [2.45, 2.75) is 31.7 Å². The Morgan fingerprint density at radius 2 is 2.12 bits per heavy atom. The third-order valence-corrected chi connectivity index (χ3v) is 3.41. The Kier molecular flexibility index (Phi) is 7.63. The Hall–Kier alpha value is -0.260. The van der Waals surface area contributed by atoms with Crippen LogP contribution in [0.3, 0.4) is 0 Å². The van der Waals surface area contributed by atoms with Crippen molar-refractivity contribution in [1.82, 2.24) is 10.6 Å². The number of aliphatic hydroxyl groups is 1. The molecule has 0 aromatic rings. The molecule has 5 heteroatoms. The van der Waals surface area contributed by atoms with Crippen LogP contribution in [0.25, 0.3) is 0 Å². The Morgan fingerprint density at radius 1 is 1.31 bits per heavy atom. The van der Waals surface area contributed by atoms with E-state index >= 15 is 0 Å². The highest BCUT2D eigenvalue weighted by molar-refractivity contribution is 7.99. The minimum Gasteiger partial charge on any atom is -0.396 e. The number of hydrogen-bond donors (Lipinski definition) is 3. The molecular formula is C11H22N2O2S. The van der Waals surface area contributed by atoms with Gasteiger partial charge in [-0.1, -0.05) is 0 Å². The van der Waals surface area contributed by atoms with Crippen LogP contribution in [-0.4, -0.2) is 48.3 Å². The number of hydrogen-bond acceptors (Lipinski definition) is 4. The van der Waals surface area contributed by atoms with Crippen molar-refractivity contribution in [2.75, 3.05) is 31.2 Å². The molecule has 0 bridgehead atoms. The molecule has 1 aliphatic rings.